The number of benzene rings is 1. The second kappa shape index (κ2) is 10.2. The third-order valence-corrected chi connectivity index (χ3v) is 3.26. The Bertz CT molecular complexity index is 391. The molecule has 20 heavy (non-hydrogen) atoms. The van der Waals surface area contributed by atoms with Crippen LogP contribution in [0, 0.1) is 0 Å². The van der Waals surface area contributed by atoms with Crippen LogP contribution in [0.15, 0.2) is 18.2 Å². The summed E-state index contributed by atoms with van der Waals surface area (Å²) in [6.45, 7) is 1.66. The van der Waals surface area contributed by atoms with E-state index < -0.39 is 6.10 Å². The van der Waals surface area contributed by atoms with Crippen LogP contribution in [0.1, 0.15) is 19.3 Å². The highest BCUT2D eigenvalue weighted by Gasteiger charge is 2.07. The standard InChI is InChI=1S/C14H21Cl2NO3/c15-11-4-5-13(16)14(8-11)20-10-12(19)9-17-6-2-1-3-7-18/h4-5,8,12,17-19H,1-3,6-7,9-10H2. The molecule has 1 atom stereocenters. The molecule has 0 spiro atoms. The van der Waals surface area contributed by atoms with Gasteiger partial charge in [-0.1, -0.05) is 23.2 Å². The molecule has 4 nitrogen and oxygen atoms in total. The molecule has 6 heteroatoms. The minimum absolute atomic E-state index is 0.156. The predicted molar refractivity (Wildman–Crippen MR) is 81.8 cm³/mol. The number of hydrogen-bond donors (Lipinski definition) is 3. The van der Waals surface area contributed by atoms with E-state index in [2.05, 4.69) is 5.32 Å². The van der Waals surface area contributed by atoms with Crippen LogP contribution in [0.5, 0.6) is 5.75 Å². The number of nitrogens with one attached hydrogen (secondary N) is 1. The highest BCUT2D eigenvalue weighted by Crippen LogP contribution is 2.27. The quantitative estimate of drug-likeness (QED) is 0.579. The van der Waals surface area contributed by atoms with Crippen molar-refractivity contribution in [3.63, 3.8) is 0 Å². The molecule has 1 unspecified atom stereocenters. The van der Waals surface area contributed by atoms with Gasteiger partial charge >= 0.3 is 0 Å². The van der Waals surface area contributed by atoms with Gasteiger partial charge < -0.3 is 20.3 Å². The first-order valence-corrected chi connectivity index (χ1v) is 7.46. The summed E-state index contributed by atoms with van der Waals surface area (Å²) in [5.41, 5.74) is 0. The molecule has 0 radical (unpaired) electrons. The Labute approximate surface area is 129 Å². The number of hydrogen-bond acceptors (Lipinski definition) is 4. The molecule has 1 aromatic rings. The minimum atomic E-state index is -0.608. The van der Waals surface area contributed by atoms with E-state index >= 15 is 0 Å². The van der Waals surface area contributed by atoms with Gasteiger partial charge in [0.1, 0.15) is 18.5 Å². The minimum Gasteiger partial charge on any atom is -0.489 e. The zero-order valence-corrected chi connectivity index (χ0v) is 12.8. The molecule has 0 amide bonds. The van der Waals surface area contributed by atoms with E-state index in [9.17, 15) is 5.11 Å². The molecule has 1 aromatic carbocycles. The second-order valence-electron chi connectivity index (χ2n) is 4.53. The van der Waals surface area contributed by atoms with Crippen molar-refractivity contribution in [1.82, 2.24) is 5.32 Å². The summed E-state index contributed by atoms with van der Waals surface area (Å²) in [6, 6.07) is 4.96. The third-order valence-electron chi connectivity index (χ3n) is 2.72. The van der Waals surface area contributed by atoms with Crippen molar-refractivity contribution in [1.29, 1.82) is 0 Å². The summed E-state index contributed by atoms with van der Waals surface area (Å²) in [6.07, 6.45) is 2.17. The smallest absolute Gasteiger partial charge is 0.139 e. The molecule has 0 saturated heterocycles. The lowest BCUT2D eigenvalue weighted by Gasteiger charge is -2.14. The van der Waals surface area contributed by atoms with Gasteiger partial charge in [0.05, 0.1) is 5.02 Å². The molecule has 114 valence electrons. The van der Waals surface area contributed by atoms with E-state index in [1.807, 2.05) is 0 Å². The molecule has 0 bridgehead atoms. The number of aliphatic hydroxyl groups excluding tert-OH is 2. The molecule has 0 aliphatic rings. The van der Waals surface area contributed by atoms with Crippen molar-refractivity contribution >= 4 is 23.2 Å². The van der Waals surface area contributed by atoms with Crippen LogP contribution < -0.4 is 10.1 Å². The predicted octanol–water partition coefficient (Wildman–Crippen LogP) is 2.49. The maximum absolute atomic E-state index is 9.77. The van der Waals surface area contributed by atoms with Gasteiger partial charge in [0.25, 0.3) is 0 Å². The summed E-state index contributed by atoms with van der Waals surface area (Å²) in [4.78, 5) is 0. The first-order valence-electron chi connectivity index (χ1n) is 6.71. The number of aliphatic hydroxyl groups is 2. The van der Waals surface area contributed by atoms with E-state index in [1.165, 1.54) is 0 Å². The molecule has 0 saturated carbocycles. The zero-order valence-electron chi connectivity index (χ0n) is 11.3. The summed E-state index contributed by atoms with van der Waals surface area (Å²) >= 11 is 11.8. The van der Waals surface area contributed by atoms with Crippen molar-refractivity contribution in [3.8, 4) is 5.75 Å². The molecule has 0 aromatic heterocycles. The molecule has 0 fully saturated rings. The van der Waals surface area contributed by atoms with Crippen LogP contribution in [0.25, 0.3) is 0 Å². The van der Waals surface area contributed by atoms with Crippen LogP contribution in [0.4, 0.5) is 0 Å². The van der Waals surface area contributed by atoms with Crippen molar-refractivity contribution in [2.24, 2.45) is 0 Å². The summed E-state index contributed by atoms with van der Waals surface area (Å²) in [5.74, 6) is 0.473. The Kier molecular flexibility index (Phi) is 8.98. The molecule has 1 rings (SSSR count). The van der Waals surface area contributed by atoms with Crippen LogP contribution in [-0.2, 0) is 0 Å². The highest BCUT2D eigenvalue weighted by molar-refractivity contribution is 6.34. The molecular weight excluding hydrogens is 301 g/mol. The Balaban J connectivity index is 2.16. The van der Waals surface area contributed by atoms with Crippen LogP contribution >= 0.6 is 23.2 Å². The fourth-order valence-electron chi connectivity index (χ4n) is 1.64. The second-order valence-corrected chi connectivity index (χ2v) is 5.37. The molecular formula is C14H21Cl2NO3. The van der Waals surface area contributed by atoms with Gasteiger partial charge in [-0.3, -0.25) is 0 Å². The van der Waals surface area contributed by atoms with E-state index in [0.29, 0.717) is 22.3 Å². The Hall–Kier alpha value is -0.520. The first kappa shape index (κ1) is 17.5. The van der Waals surface area contributed by atoms with E-state index in [0.717, 1.165) is 25.8 Å². The van der Waals surface area contributed by atoms with Gasteiger partial charge in [0.2, 0.25) is 0 Å². The number of halogens is 2. The van der Waals surface area contributed by atoms with Gasteiger partial charge in [0, 0.05) is 24.2 Å². The van der Waals surface area contributed by atoms with Gasteiger partial charge in [-0.15, -0.1) is 0 Å². The zero-order chi connectivity index (χ0) is 14.8. The lowest BCUT2D eigenvalue weighted by molar-refractivity contribution is 0.106. The fourth-order valence-corrected chi connectivity index (χ4v) is 1.97. The van der Waals surface area contributed by atoms with Gasteiger partial charge in [-0.25, -0.2) is 0 Å². The van der Waals surface area contributed by atoms with Gasteiger partial charge in [0.15, 0.2) is 0 Å². The maximum Gasteiger partial charge on any atom is 0.139 e. The lowest BCUT2D eigenvalue weighted by atomic mass is 10.2. The number of unbranched alkanes of at least 4 members (excludes halogenated alkanes) is 2. The molecule has 0 aliphatic carbocycles. The summed E-state index contributed by atoms with van der Waals surface area (Å²) in [7, 11) is 0. The van der Waals surface area contributed by atoms with Crippen LogP contribution in [-0.4, -0.2) is 42.6 Å². The molecule has 3 N–H and O–H groups in total. The third kappa shape index (κ3) is 7.31. The van der Waals surface area contributed by atoms with Crippen molar-refractivity contribution in [3.05, 3.63) is 28.2 Å². The Morgan fingerprint density at radius 3 is 2.75 bits per heavy atom. The topological polar surface area (TPSA) is 61.7 Å². The van der Waals surface area contributed by atoms with Crippen molar-refractivity contribution < 1.29 is 14.9 Å². The van der Waals surface area contributed by atoms with Crippen LogP contribution in [0.2, 0.25) is 10.0 Å². The largest absolute Gasteiger partial charge is 0.489 e. The Morgan fingerprint density at radius 2 is 2.00 bits per heavy atom. The van der Waals surface area contributed by atoms with Gasteiger partial charge in [-0.2, -0.15) is 0 Å². The van der Waals surface area contributed by atoms with Crippen LogP contribution in [0.3, 0.4) is 0 Å². The maximum atomic E-state index is 9.77. The number of rotatable bonds is 10. The average molecular weight is 322 g/mol. The van der Waals surface area contributed by atoms with E-state index in [4.69, 9.17) is 33.0 Å². The first-order chi connectivity index (χ1) is 9.63. The average Bonchev–Trinajstić information content (AvgIpc) is 2.43. The van der Waals surface area contributed by atoms with E-state index in [-0.39, 0.29) is 13.2 Å². The fraction of sp³-hybridized carbons (Fsp3) is 0.571. The van der Waals surface area contributed by atoms with E-state index in [1.54, 1.807) is 18.2 Å². The van der Waals surface area contributed by atoms with Gasteiger partial charge in [-0.05, 0) is 37.9 Å². The SMILES string of the molecule is OCCCCCNCC(O)COc1cc(Cl)ccc1Cl. The summed E-state index contributed by atoms with van der Waals surface area (Å²) < 4.78 is 5.44. The van der Waals surface area contributed by atoms with Crippen molar-refractivity contribution in [2.75, 3.05) is 26.3 Å². The molecule has 0 heterocycles. The Morgan fingerprint density at radius 1 is 1.20 bits per heavy atom. The normalized spacial score (nSPS) is 12.4. The highest BCUT2D eigenvalue weighted by atomic mass is 35.5. The monoisotopic (exact) mass is 321 g/mol. The summed E-state index contributed by atoms with van der Waals surface area (Å²) in [5, 5.41) is 22.6. The lowest BCUT2D eigenvalue weighted by Crippen LogP contribution is -2.32. The number of ether oxygens (including phenoxy) is 1. The molecule has 0 aliphatic heterocycles. The van der Waals surface area contributed by atoms with Crippen molar-refractivity contribution in [2.45, 2.75) is 25.4 Å².